The molecule has 0 aliphatic heterocycles. The summed E-state index contributed by atoms with van der Waals surface area (Å²) in [6.45, 7) is 4.72. The third-order valence-corrected chi connectivity index (χ3v) is 3.22. The van der Waals surface area contributed by atoms with Crippen molar-refractivity contribution in [3.05, 3.63) is 46.0 Å². The van der Waals surface area contributed by atoms with Crippen molar-refractivity contribution in [2.75, 3.05) is 13.7 Å². The summed E-state index contributed by atoms with van der Waals surface area (Å²) in [5.74, 6) is -0.221. The number of hydrogen-bond acceptors (Lipinski definition) is 4. The summed E-state index contributed by atoms with van der Waals surface area (Å²) in [7, 11) is 1.60. The lowest BCUT2D eigenvalue weighted by molar-refractivity contribution is 0.102. The third-order valence-electron chi connectivity index (χ3n) is 2.95. The Bertz CT molecular complexity index is 637. The van der Waals surface area contributed by atoms with Crippen LogP contribution in [0.1, 0.15) is 27.3 Å². The summed E-state index contributed by atoms with van der Waals surface area (Å²) in [6.07, 6.45) is 3.14. The highest BCUT2D eigenvalue weighted by molar-refractivity contribution is 6.34. The van der Waals surface area contributed by atoms with Gasteiger partial charge in [0.2, 0.25) is 5.78 Å². The first-order valence-electron chi connectivity index (χ1n) is 6.22. The van der Waals surface area contributed by atoms with Gasteiger partial charge in [0.15, 0.2) is 0 Å². The van der Waals surface area contributed by atoms with E-state index in [2.05, 4.69) is 10.1 Å². The number of pyridine rings is 1. The predicted octanol–water partition coefficient (Wildman–Crippen LogP) is 2.43. The van der Waals surface area contributed by atoms with Crippen LogP contribution in [0.2, 0.25) is 5.02 Å². The van der Waals surface area contributed by atoms with Gasteiger partial charge >= 0.3 is 0 Å². The highest BCUT2D eigenvalue weighted by Gasteiger charge is 2.21. The molecule has 2 aromatic rings. The van der Waals surface area contributed by atoms with E-state index in [1.165, 1.54) is 6.20 Å². The van der Waals surface area contributed by atoms with E-state index in [0.717, 1.165) is 11.1 Å². The van der Waals surface area contributed by atoms with Crippen LogP contribution in [0.3, 0.4) is 0 Å². The number of ketones is 1. The predicted molar refractivity (Wildman–Crippen MR) is 76.3 cm³/mol. The Balaban J connectivity index is 2.40. The van der Waals surface area contributed by atoms with Crippen LogP contribution in [0.25, 0.3) is 0 Å². The maximum atomic E-state index is 12.6. The SMILES string of the molecule is COCCn1ncc(Cl)c1C(=O)c1ncc(C)cc1C. The monoisotopic (exact) mass is 293 g/mol. The molecule has 0 radical (unpaired) electrons. The summed E-state index contributed by atoms with van der Waals surface area (Å²) in [4.78, 5) is 16.8. The Morgan fingerprint density at radius 1 is 1.40 bits per heavy atom. The molecule has 0 fully saturated rings. The summed E-state index contributed by atoms with van der Waals surface area (Å²) < 4.78 is 6.55. The zero-order valence-corrected chi connectivity index (χ0v) is 12.4. The molecule has 0 aromatic carbocycles. The van der Waals surface area contributed by atoms with Crippen molar-refractivity contribution in [1.82, 2.24) is 14.8 Å². The van der Waals surface area contributed by atoms with Gasteiger partial charge in [-0.05, 0) is 25.0 Å². The summed E-state index contributed by atoms with van der Waals surface area (Å²) in [5, 5.41) is 4.43. The van der Waals surface area contributed by atoms with Crippen LogP contribution in [-0.4, -0.2) is 34.3 Å². The average Bonchev–Trinajstić information content (AvgIpc) is 2.77. The molecule has 0 aliphatic rings. The zero-order valence-electron chi connectivity index (χ0n) is 11.7. The second-order valence-electron chi connectivity index (χ2n) is 4.56. The second kappa shape index (κ2) is 6.15. The van der Waals surface area contributed by atoms with E-state index in [0.29, 0.717) is 29.6 Å². The molecule has 0 bridgehead atoms. The Labute approximate surface area is 122 Å². The number of methoxy groups -OCH3 is 1. The molecule has 20 heavy (non-hydrogen) atoms. The van der Waals surface area contributed by atoms with Crippen LogP contribution in [0.4, 0.5) is 0 Å². The number of hydrogen-bond donors (Lipinski definition) is 0. The van der Waals surface area contributed by atoms with Crippen LogP contribution in [0, 0.1) is 13.8 Å². The normalized spacial score (nSPS) is 10.8. The smallest absolute Gasteiger partial charge is 0.231 e. The first-order chi connectivity index (χ1) is 9.54. The number of aryl methyl sites for hydroxylation is 2. The molecule has 106 valence electrons. The molecule has 0 unspecified atom stereocenters. The lowest BCUT2D eigenvalue weighted by Crippen LogP contribution is -2.16. The molecule has 0 spiro atoms. The average molecular weight is 294 g/mol. The molecule has 2 heterocycles. The van der Waals surface area contributed by atoms with Crippen LogP contribution >= 0.6 is 11.6 Å². The first-order valence-corrected chi connectivity index (χ1v) is 6.60. The molecular formula is C14H16ClN3O2. The Morgan fingerprint density at radius 3 is 2.80 bits per heavy atom. The molecule has 0 atom stereocenters. The fraction of sp³-hybridized carbons (Fsp3) is 0.357. The lowest BCUT2D eigenvalue weighted by Gasteiger charge is -2.08. The fourth-order valence-corrected chi connectivity index (χ4v) is 2.23. The van der Waals surface area contributed by atoms with Gasteiger partial charge in [0.1, 0.15) is 11.4 Å². The van der Waals surface area contributed by atoms with Gasteiger partial charge in [-0.2, -0.15) is 5.10 Å². The van der Waals surface area contributed by atoms with Crippen molar-refractivity contribution in [1.29, 1.82) is 0 Å². The topological polar surface area (TPSA) is 57.0 Å². The number of nitrogens with zero attached hydrogens (tertiary/aromatic N) is 3. The number of carbonyl (C=O) groups is 1. The fourth-order valence-electron chi connectivity index (χ4n) is 2.00. The molecule has 0 amide bonds. The van der Waals surface area contributed by atoms with Gasteiger partial charge < -0.3 is 4.74 Å². The molecular weight excluding hydrogens is 278 g/mol. The van der Waals surface area contributed by atoms with Crippen LogP contribution < -0.4 is 0 Å². The highest BCUT2D eigenvalue weighted by Crippen LogP contribution is 2.20. The number of rotatable bonds is 5. The molecule has 0 saturated carbocycles. The van der Waals surface area contributed by atoms with Gasteiger partial charge in [0, 0.05) is 13.3 Å². The minimum absolute atomic E-state index is 0.221. The Kier molecular flexibility index (Phi) is 4.52. The van der Waals surface area contributed by atoms with E-state index in [9.17, 15) is 4.79 Å². The van der Waals surface area contributed by atoms with E-state index >= 15 is 0 Å². The highest BCUT2D eigenvalue weighted by atomic mass is 35.5. The van der Waals surface area contributed by atoms with Crippen LogP contribution in [-0.2, 0) is 11.3 Å². The Hall–Kier alpha value is -1.72. The van der Waals surface area contributed by atoms with E-state index < -0.39 is 0 Å². The standard InChI is InChI=1S/C14H16ClN3O2/c1-9-6-10(2)12(16-7-9)14(19)13-11(15)8-17-18(13)4-5-20-3/h6-8H,4-5H2,1-3H3. The van der Waals surface area contributed by atoms with Gasteiger partial charge in [0.25, 0.3) is 0 Å². The van der Waals surface area contributed by atoms with E-state index in [1.807, 2.05) is 19.9 Å². The number of carbonyl (C=O) groups excluding carboxylic acids is 1. The molecule has 6 heteroatoms. The molecule has 2 rings (SSSR count). The van der Waals surface area contributed by atoms with Gasteiger partial charge in [0.05, 0.1) is 24.4 Å². The zero-order chi connectivity index (χ0) is 14.7. The molecule has 0 N–H and O–H groups in total. The Morgan fingerprint density at radius 2 is 2.15 bits per heavy atom. The molecule has 0 saturated heterocycles. The van der Waals surface area contributed by atoms with Crippen molar-refractivity contribution in [2.45, 2.75) is 20.4 Å². The molecule has 5 nitrogen and oxygen atoms in total. The second-order valence-corrected chi connectivity index (χ2v) is 4.97. The van der Waals surface area contributed by atoms with Crippen molar-refractivity contribution in [3.8, 4) is 0 Å². The van der Waals surface area contributed by atoms with Crippen molar-refractivity contribution in [2.24, 2.45) is 0 Å². The lowest BCUT2D eigenvalue weighted by atomic mass is 10.1. The third kappa shape index (κ3) is 2.89. The maximum Gasteiger partial charge on any atom is 0.231 e. The molecule has 0 aliphatic carbocycles. The van der Waals surface area contributed by atoms with Crippen molar-refractivity contribution >= 4 is 17.4 Å². The quantitative estimate of drug-likeness (QED) is 0.795. The minimum Gasteiger partial charge on any atom is -0.383 e. The van der Waals surface area contributed by atoms with E-state index in [-0.39, 0.29) is 5.78 Å². The first kappa shape index (κ1) is 14.7. The van der Waals surface area contributed by atoms with Crippen molar-refractivity contribution in [3.63, 3.8) is 0 Å². The van der Waals surface area contributed by atoms with Gasteiger partial charge in [-0.15, -0.1) is 0 Å². The summed E-state index contributed by atoms with van der Waals surface area (Å²) >= 11 is 6.08. The van der Waals surface area contributed by atoms with E-state index in [1.54, 1.807) is 18.0 Å². The summed E-state index contributed by atoms with van der Waals surface area (Å²) in [5.41, 5.74) is 2.59. The summed E-state index contributed by atoms with van der Waals surface area (Å²) in [6, 6.07) is 1.92. The van der Waals surface area contributed by atoms with Gasteiger partial charge in [-0.3, -0.25) is 14.5 Å². The molecule has 2 aromatic heterocycles. The van der Waals surface area contributed by atoms with E-state index in [4.69, 9.17) is 16.3 Å². The van der Waals surface area contributed by atoms with Gasteiger partial charge in [-0.1, -0.05) is 17.7 Å². The van der Waals surface area contributed by atoms with Crippen LogP contribution in [0.5, 0.6) is 0 Å². The largest absolute Gasteiger partial charge is 0.383 e. The van der Waals surface area contributed by atoms with Crippen molar-refractivity contribution < 1.29 is 9.53 Å². The van der Waals surface area contributed by atoms with Crippen LogP contribution in [0.15, 0.2) is 18.5 Å². The maximum absolute atomic E-state index is 12.6. The van der Waals surface area contributed by atoms with Gasteiger partial charge in [-0.25, -0.2) is 0 Å². The number of halogens is 1. The number of ether oxygens (including phenoxy) is 1. The minimum atomic E-state index is -0.221. The number of aromatic nitrogens is 3.